The van der Waals surface area contributed by atoms with Crippen molar-refractivity contribution < 1.29 is 28.2 Å². The van der Waals surface area contributed by atoms with Gasteiger partial charge in [0.25, 0.3) is 11.8 Å². The van der Waals surface area contributed by atoms with E-state index >= 15 is 0 Å². The molecule has 8 nitrogen and oxygen atoms in total. The van der Waals surface area contributed by atoms with Crippen molar-refractivity contribution in [2.45, 2.75) is 69.6 Å². The summed E-state index contributed by atoms with van der Waals surface area (Å²) in [6, 6.07) is 9.96. The van der Waals surface area contributed by atoms with Crippen LogP contribution in [0.1, 0.15) is 72.1 Å². The van der Waals surface area contributed by atoms with E-state index in [0.29, 0.717) is 47.7 Å². The van der Waals surface area contributed by atoms with Gasteiger partial charge in [0.2, 0.25) is 5.91 Å². The first kappa shape index (κ1) is 27.1. The summed E-state index contributed by atoms with van der Waals surface area (Å²) in [5.74, 6) is -0.0637. The van der Waals surface area contributed by atoms with Gasteiger partial charge in [0.05, 0.1) is 24.1 Å². The Bertz CT molecular complexity index is 1200. The van der Waals surface area contributed by atoms with Crippen molar-refractivity contribution in [3.8, 4) is 5.75 Å². The molecular weight excluding hydrogens is 501 g/mol. The molecule has 1 saturated heterocycles. The number of nitrogens with zero attached hydrogens (tertiary/aromatic N) is 1. The summed E-state index contributed by atoms with van der Waals surface area (Å²) in [6.07, 6.45) is 7.28. The zero-order chi connectivity index (χ0) is 27.4. The Hall–Kier alpha value is -3.46. The van der Waals surface area contributed by atoms with E-state index in [1.54, 1.807) is 30.1 Å². The number of fused-ring (bicyclic) bond motifs is 2. The van der Waals surface area contributed by atoms with Gasteiger partial charge in [0.1, 0.15) is 24.3 Å². The maximum absolute atomic E-state index is 13.5. The molecule has 1 aliphatic carbocycles. The number of hydrogen-bond donors (Lipinski definition) is 2. The highest BCUT2D eigenvalue weighted by atomic mass is 19.1. The number of likely N-dealkylation sites (N-methyl/N-ethyl adjacent to an activating group) is 1. The van der Waals surface area contributed by atoms with Gasteiger partial charge in [-0.1, -0.05) is 19.3 Å². The fourth-order valence-electron chi connectivity index (χ4n) is 5.84. The van der Waals surface area contributed by atoms with Gasteiger partial charge in [-0.05, 0) is 74.1 Å². The molecule has 0 bridgehead atoms. The lowest BCUT2D eigenvalue weighted by molar-refractivity contribution is -0.134. The average molecular weight is 538 g/mol. The molecule has 2 aliphatic heterocycles. The fourth-order valence-corrected chi connectivity index (χ4v) is 5.84. The van der Waals surface area contributed by atoms with Crippen molar-refractivity contribution in [3.63, 3.8) is 0 Å². The standard InChI is InChI=1S/C30H36FN3O5/c1-34-25-13-12-23(16-28(35)32-17-19-5-3-2-4-6-19)39-27(25)18-38-26-14-11-22(15-24(26)30(34)37)33-29(36)20-7-9-21(31)10-8-20/h7-11,14-15,19,23,25,27H,2-6,12-13,16-18H2,1H3,(H,32,35)(H,33,36)/t23-,25-,27-/m0/s1. The number of ether oxygens (including phenoxy) is 2. The van der Waals surface area contributed by atoms with E-state index in [1.807, 2.05) is 0 Å². The molecule has 0 spiro atoms. The normalized spacial score (nSPS) is 23.5. The minimum absolute atomic E-state index is 0.0146. The van der Waals surface area contributed by atoms with Crippen LogP contribution in [0.5, 0.6) is 5.75 Å². The third kappa shape index (κ3) is 6.58. The zero-order valence-electron chi connectivity index (χ0n) is 22.3. The first-order chi connectivity index (χ1) is 18.9. The number of carbonyl (C=O) groups is 3. The molecule has 3 amide bonds. The van der Waals surface area contributed by atoms with E-state index in [-0.39, 0.29) is 36.7 Å². The van der Waals surface area contributed by atoms with E-state index in [9.17, 15) is 18.8 Å². The Kier molecular flexibility index (Phi) is 8.45. The maximum atomic E-state index is 13.5. The van der Waals surface area contributed by atoms with Crippen molar-refractivity contribution in [1.82, 2.24) is 10.2 Å². The second kappa shape index (κ2) is 12.2. The van der Waals surface area contributed by atoms with Gasteiger partial charge < -0.3 is 25.0 Å². The lowest BCUT2D eigenvalue weighted by Crippen LogP contribution is -2.54. The maximum Gasteiger partial charge on any atom is 0.257 e. The third-order valence-corrected chi connectivity index (χ3v) is 8.10. The highest BCUT2D eigenvalue weighted by Crippen LogP contribution is 2.33. The molecule has 2 aromatic rings. The second-order valence-electron chi connectivity index (χ2n) is 10.9. The number of hydrogen-bond acceptors (Lipinski definition) is 5. The summed E-state index contributed by atoms with van der Waals surface area (Å²) in [5, 5.41) is 5.85. The molecule has 1 saturated carbocycles. The monoisotopic (exact) mass is 537 g/mol. The van der Waals surface area contributed by atoms with Gasteiger partial charge in [-0.25, -0.2) is 4.39 Å². The second-order valence-corrected chi connectivity index (χ2v) is 10.9. The Labute approximate surface area is 228 Å². The number of halogens is 1. The molecule has 0 radical (unpaired) electrons. The summed E-state index contributed by atoms with van der Waals surface area (Å²) in [7, 11) is 1.75. The molecule has 9 heteroatoms. The van der Waals surface area contributed by atoms with Crippen LogP contribution in [0.3, 0.4) is 0 Å². The zero-order valence-corrected chi connectivity index (χ0v) is 22.3. The molecule has 2 N–H and O–H groups in total. The van der Waals surface area contributed by atoms with Crippen molar-refractivity contribution in [1.29, 1.82) is 0 Å². The Morgan fingerprint density at radius 3 is 2.56 bits per heavy atom. The summed E-state index contributed by atoms with van der Waals surface area (Å²) >= 11 is 0. The van der Waals surface area contributed by atoms with Gasteiger partial charge in [0.15, 0.2) is 0 Å². The van der Waals surface area contributed by atoms with Crippen molar-refractivity contribution in [3.05, 3.63) is 59.4 Å². The molecular formula is C30H36FN3O5. The van der Waals surface area contributed by atoms with Crippen molar-refractivity contribution in [2.75, 3.05) is 25.5 Å². The molecule has 39 heavy (non-hydrogen) atoms. The SMILES string of the molecule is CN1C(=O)c2cc(NC(=O)c3ccc(F)cc3)ccc2OC[C@@H]2O[C@H](CC(=O)NCC3CCCCC3)CC[C@@H]21. The minimum Gasteiger partial charge on any atom is -0.490 e. The first-order valence-electron chi connectivity index (χ1n) is 13.9. The van der Waals surface area contributed by atoms with Gasteiger partial charge in [0, 0.05) is 24.8 Å². The van der Waals surface area contributed by atoms with Gasteiger partial charge in [-0.15, -0.1) is 0 Å². The first-order valence-corrected chi connectivity index (χ1v) is 13.9. The van der Waals surface area contributed by atoms with Crippen LogP contribution >= 0.6 is 0 Å². The van der Waals surface area contributed by atoms with Crippen molar-refractivity contribution in [2.24, 2.45) is 5.92 Å². The topological polar surface area (TPSA) is 97.0 Å². The number of amides is 3. The molecule has 2 aromatic carbocycles. The quantitative estimate of drug-likeness (QED) is 0.564. The number of anilines is 1. The highest BCUT2D eigenvalue weighted by Gasteiger charge is 2.39. The lowest BCUT2D eigenvalue weighted by Gasteiger charge is -2.42. The summed E-state index contributed by atoms with van der Waals surface area (Å²) in [6.45, 7) is 0.984. The summed E-state index contributed by atoms with van der Waals surface area (Å²) in [4.78, 5) is 40.3. The average Bonchev–Trinajstić information content (AvgIpc) is 2.95. The Morgan fingerprint density at radius 2 is 1.79 bits per heavy atom. The Balaban J connectivity index is 1.20. The van der Waals surface area contributed by atoms with E-state index in [4.69, 9.17) is 9.47 Å². The summed E-state index contributed by atoms with van der Waals surface area (Å²) in [5.41, 5.74) is 1.09. The summed E-state index contributed by atoms with van der Waals surface area (Å²) < 4.78 is 25.5. The molecule has 208 valence electrons. The van der Waals surface area contributed by atoms with Gasteiger partial charge in [-0.3, -0.25) is 14.4 Å². The van der Waals surface area contributed by atoms with Crippen LogP contribution in [-0.2, 0) is 9.53 Å². The van der Waals surface area contributed by atoms with Crippen molar-refractivity contribution >= 4 is 23.4 Å². The van der Waals surface area contributed by atoms with E-state index in [0.717, 1.165) is 6.54 Å². The van der Waals surface area contributed by atoms with E-state index in [2.05, 4.69) is 10.6 Å². The van der Waals surface area contributed by atoms with Gasteiger partial charge >= 0.3 is 0 Å². The molecule has 3 aliphatic rings. The molecule has 2 heterocycles. The van der Waals surface area contributed by atoms with E-state index in [1.165, 1.54) is 56.4 Å². The third-order valence-electron chi connectivity index (χ3n) is 8.10. The van der Waals surface area contributed by atoms with Crippen LogP contribution in [0.25, 0.3) is 0 Å². The fraction of sp³-hybridized carbons (Fsp3) is 0.500. The Morgan fingerprint density at radius 1 is 1.03 bits per heavy atom. The minimum atomic E-state index is -0.423. The molecule has 0 unspecified atom stereocenters. The molecule has 0 aromatic heterocycles. The molecule has 2 fully saturated rings. The smallest absolute Gasteiger partial charge is 0.257 e. The van der Waals surface area contributed by atoms with Crippen LogP contribution in [0.2, 0.25) is 0 Å². The van der Waals surface area contributed by atoms with Crippen LogP contribution in [-0.4, -0.2) is 61.1 Å². The molecule has 5 rings (SSSR count). The van der Waals surface area contributed by atoms with E-state index < -0.39 is 11.7 Å². The highest BCUT2D eigenvalue weighted by molar-refractivity contribution is 6.05. The van der Waals surface area contributed by atoms with Gasteiger partial charge in [-0.2, -0.15) is 0 Å². The predicted octanol–water partition coefficient (Wildman–Crippen LogP) is 4.55. The number of benzene rings is 2. The predicted molar refractivity (Wildman–Crippen MR) is 144 cm³/mol. The lowest BCUT2D eigenvalue weighted by atomic mass is 9.89. The van der Waals surface area contributed by atoms with Crippen LogP contribution < -0.4 is 15.4 Å². The largest absolute Gasteiger partial charge is 0.490 e. The van der Waals surface area contributed by atoms with Crippen LogP contribution in [0.4, 0.5) is 10.1 Å². The molecule has 3 atom stereocenters. The van der Waals surface area contributed by atoms with Crippen LogP contribution in [0, 0.1) is 11.7 Å². The number of rotatable bonds is 6. The number of nitrogens with one attached hydrogen (secondary N) is 2. The van der Waals surface area contributed by atoms with Crippen LogP contribution in [0.15, 0.2) is 42.5 Å². The number of carbonyl (C=O) groups excluding carboxylic acids is 3.